The Bertz CT molecular complexity index is 411. The Hall–Kier alpha value is -1.55. The fraction of sp³-hybridized carbons (Fsp3) is 0.462. The van der Waals surface area contributed by atoms with Crippen LogP contribution in [0.15, 0.2) is 18.2 Å². The Balaban J connectivity index is 2.27. The smallest absolute Gasteiger partial charge is 0.163 e. The molecule has 0 aromatic heterocycles. The highest BCUT2D eigenvalue weighted by Gasteiger charge is 2.14. The van der Waals surface area contributed by atoms with E-state index in [1.54, 1.807) is 14.0 Å². The lowest BCUT2D eigenvalue weighted by Gasteiger charge is -2.29. The molecule has 0 bridgehead atoms. The monoisotopic (exact) mass is 235 g/mol. The van der Waals surface area contributed by atoms with E-state index in [0.29, 0.717) is 11.3 Å². The van der Waals surface area contributed by atoms with Gasteiger partial charge in [-0.3, -0.25) is 4.79 Å². The number of hydrogen-bond acceptors (Lipinski definition) is 4. The van der Waals surface area contributed by atoms with E-state index < -0.39 is 0 Å². The summed E-state index contributed by atoms with van der Waals surface area (Å²) in [5, 5.41) is 0. The zero-order valence-corrected chi connectivity index (χ0v) is 10.2. The van der Waals surface area contributed by atoms with Crippen LogP contribution in [0.4, 0.5) is 5.69 Å². The first-order valence-electron chi connectivity index (χ1n) is 5.74. The Morgan fingerprint density at radius 2 is 2.06 bits per heavy atom. The number of morpholine rings is 1. The Kier molecular flexibility index (Phi) is 3.64. The predicted octanol–water partition coefficient (Wildman–Crippen LogP) is 1.73. The van der Waals surface area contributed by atoms with Crippen molar-refractivity contribution in [2.45, 2.75) is 6.92 Å². The number of carbonyl (C=O) groups excluding carboxylic acids is 1. The van der Waals surface area contributed by atoms with Gasteiger partial charge in [0, 0.05) is 24.8 Å². The second kappa shape index (κ2) is 5.19. The van der Waals surface area contributed by atoms with Crippen LogP contribution in [0.5, 0.6) is 5.75 Å². The number of Topliss-reactive ketones (excluding diaryl/α,β-unsaturated/α-hetero) is 1. The van der Waals surface area contributed by atoms with Gasteiger partial charge in [-0.1, -0.05) is 0 Å². The minimum Gasteiger partial charge on any atom is -0.496 e. The van der Waals surface area contributed by atoms with Crippen LogP contribution in [0.2, 0.25) is 0 Å². The maximum Gasteiger partial charge on any atom is 0.163 e. The summed E-state index contributed by atoms with van der Waals surface area (Å²) in [4.78, 5) is 13.6. The molecule has 0 unspecified atom stereocenters. The third kappa shape index (κ3) is 2.58. The molecule has 1 aliphatic heterocycles. The molecule has 4 nitrogen and oxygen atoms in total. The number of ketones is 1. The third-order valence-corrected chi connectivity index (χ3v) is 2.94. The molecular weight excluding hydrogens is 218 g/mol. The summed E-state index contributed by atoms with van der Waals surface area (Å²) < 4.78 is 10.6. The Morgan fingerprint density at radius 1 is 1.35 bits per heavy atom. The van der Waals surface area contributed by atoms with Gasteiger partial charge in [0.2, 0.25) is 0 Å². The molecule has 1 aromatic carbocycles. The number of rotatable bonds is 3. The molecule has 1 fully saturated rings. The standard InChI is InChI=1S/C13H17NO3/c1-10(15)12-4-3-11(9-13(12)16-2)14-5-7-17-8-6-14/h3-4,9H,5-8H2,1-2H3. The first kappa shape index (κ1) is 11.9. The first-order chi connectivity index (χ1) is 8.22. The molecule has 0 amide bonds. The predicted molar refractivity (Wildman–Crippen MR) is 66.0 cm³/mol. The molecule has 0 radical (unpaired) electrons. The molecule has 92 valence electrons. The van der Waals surface area contributed by atoms with Crippen LogP contribution in [0.3, 0.4) is 0 Å². The van der Waals surface area contributed by atoms with Gasteiger partial charge in [0.1, 0.15) is 5.75 Å². The van der Waals surface area contributed by atoms with Crippen molar-refractivity contribution in [2.75, 3.05) is 38.3 Å². The van der Waals surface area contributed by atoms with Crippen molar-refractivity contribution < 1.29 is 14.3 Å². The van der Waals surface area contributed by atoms with Crippen LogP contribution in [0.1, 0.15) is 17.3 Å². The number of methoxy groups -OCH3 is 1. The van der Waals surface area contributed by atoms with Crippen molar-refractivity contribution in [3.8, 4) is 5.75 Å². The van der Waals surface area contributed by atoms with Gasteiger partial charge in [0.15, 0.2) is 5.78 Å². The fourth-order valence-electron chi connectivity index (χ4n) is 1.99. The van der Waals surface area contributed by atoms with Crippen LogP contribution in [-0.2, 0) is 4.74 Å². The molecule has 1 saturated heterocycles. The van der Waals surface area contributed by atoms with Crippen LogP contribution >= 0.6 is 0 Å². The summed E-state index contributed by atoms with van der Waals surface area (Å²) in [5.41, 5.74) is 1.71. The molecule has 1 aliphatic rings. The molecule has 0 spiro atoms. The average Bonchev–Trinajstić information content (AvgIpc) is 2.39. The molecule has 17 heavy (non-hydrogen) atoms. The number of nitrogens with zero attached hydrogens (tertiary/aromatic N) is 1. The van der Waals surface area contributed by atoms with E-state index in [1.807, 2.05) is 18.2 Å². The SMILES string of the molecule is COc1cc(N2CCOCC2)ccc1C(C)=O. The molecule has 4 heteroatoms. The summed E-state index contributed by atoms with van der Waals surface area (Å²) in [6.45, 7) is 4.80. The van der Waals surface area contributed by atoms with E-state index in [-0.39, 0.29) is 5.78 Å². The van der Waals surface area contributed by atoms with Gasteiger partial charge in [-0.05, 0) is 19.1 Å². The zero-order chi connectivity index (χ0) is 12.3. The number of hydrogen-bond donors (Lipinski definition) is 0. The topological polar surface area (TPSA) is 38.8 Å². The van der Waals surface area contributed by atoms with Crippen LogP contribution in [0, 0.1) is 0 Å². The van der Waals surface area contributed by atoms with Crippen molar-refractivity contribution in [2.24, 2.45) is 0 Å². The van der Waals surface area contributed by atoms with Crippen molar-refractivity contribution in [1.82, 2.24) is 0 Å². The Labute approximate surface area is 101 Å². The quantitative estimate of drug-likeness (QED) is 0.748. The number of carbonyl (C=O) groups is 1. The molecule has 0 saturated carbocycles. The van der Waals surface area contributed by atoms with Gasteiger partial charge in [0.05, 0.1) is 25.9 Å². The molecule has 1 aromatic rings. The second-order valence-electron chi connectivity index (χ2n) is 4.04. The lowest BCUT2D eigenvalue weighted by molar-refractivity contribution is 0.101. The summed E-state index contributed by atoms with van der Waals surface area (Å²) in [7, 11) is 1.59. The van der Waals surface area contributed by atoms with Crippen molar-refractivity contribution in [3.63, 3.8) is 0 Å². The average molecular weight is 235 g/mol. The van der Waals surface area contributed by atoms with E-state index in [9.17, 15) is 4.79 Å². The Morgan fingerprint density at radius 3 is 2.65 bits per heavy atom. The lowest BCUT2D eigenvalue weighted by Crippen LogP contribution is -2.36. The zero-order valence-electron chi connectivity index (χ0n) is 10.2. The van der Waals surface area contributed by atoms with Crippen molar-refractivity contribution >= 4 is 11.5 Å². The van der Waals surface area contributed by atoms with Gasteiger partial charge >= 0.3 is 0 Å². The van der Waals surface area contributed by atoms with Gasteiger partial charge in [0.25, 0.3) is 0 Å². The highest BCUT2D eigenvalue weighted by molar-refractivity contribution is 5.97. The minimum absolute atomic E-state index is 0.0235. The number of anilines is 1. The molecule has 0 atom stereocenters. The van der Waals surface area contributed by atoms with Gasteiger partial charge in [-0.25, -0.2) is 0 Å². The maximum absolute atomic E-state index is 11.4. The number of benzene rings is 1. The molecule has 0 N–H and O–H groups in total. The number of ether oxygens (including phenoxy) is 2. The second-order valence-corrected chi connectivity index (χ2v) is 4.04. The van der Waals surface area contributed by atoms with Gasteiger partial charge in [-0.15, -0.1) is 0 Å². The van der Waals surface area contributed by atoms with E-state index in [1.165, 1.54) is 0 Å². The molecule has 2 rings (SSSR count). The van der Waals surface area contributed by atoms with E-state index in [0.717, 1.165) is 32.0 Å². The van der Waals surface area contributed by atoms with Crippen molar-refractivity contribution in [3.05, 3.63) is 23.8 Å². The minimum atomic E-state index is 0.0235. The molecular formula is C13H17NO3. The normalized spacial score (nSPS) is 15.8. The summed E-state index contributed by atoms with van der Waals surface area (Å²) in [5.74, 6) is 0.664. The van der Waals surface area contributed by atoms with E-state index in [4.69, 9.17) is 9.47 Å². The van der Waals surface area contributed by atoms with Gasteiger partial charge in [-0.2, -0.15) is 0 Å². The highest BCUT2D eigenvalue weighted by atomic mass is 16.5. The maximum atomic E-state index is 11.4. The third-order valence-electron chi connectivity index (χ3n) is 2.94. The summed E-state index contributed by atoms with van der Waals surface area (Å²) in [6, 6.07) is 5.71. The fourth-order valence-corrected chi connectivity index (χ4v) is 1.99. The van der Waals surface area contributed by atoms with Crippen LogP contribution < -0.4 is 9.64 Å². The summed E-state index contributed by atoms with van der Waals surface area (Å²) >= 11 is 0. The van der Waals surface area contributed by atoms with Crippen molar-refractivity contribution in [1.29, 1.82) is 0 Å². The van der Waals surface area contributed by atoms with E-state index >= 15 is 0 Å². The molecule has 0 aliphatic carbocycles. The molecule has 1 heterocycles. The highest BCUT2D eigenvalue weighted by Crippen LogP contribution is 2.26. The van der Waals surface area contributed by atoms with Crippen LogP contribution in [-0.4, -0.2) is 39.2 Å². The largest absolute Gasteiger partial charge is 0.496 e. The lowest BCUT2D eigenvalue weighted by atomic mass is 10.1. The first-order valence-corrected chi connectivity index (χ1v) is 5.74. The van der Waals surface area contributed by atoms with Gasteiger partial charge < -0.3 is 14.4 Å². The van der Waals surface area contributed by atoms with Crippen LogP contribution in [0.25, 0.3) is 0 Å². The summed E-state index contributed by atoms with van der Waals surface area (Å²) in [6.07, 6.45) is 0. The van der Waals surface area contributed by atoms with E-state index in [2.05, 4.69) is 4.90 Å².